The molecule has 0 radical (unpaired) electrons. The molecule has 104 valence electrons. The number of carbonyl (C=O) groups excluding carboxylic acids is 1. The first-order valence-corrected chi connectivity index (χ1v) is 6.82. The summed E-state index contributed by atoms with van der Waals surface area (Å²) in [7, 11) is 1.69. The second-order valence-corrected chi connectivity index (χ2v) is 5.40. The van der Waals surface area contributed by atoms with Crippen LogP contribution in [0.2, 0.25) is 0 Å². The fraction of sp³-hybridized carbons (Fsp3) is 0.923. The SMILES string of the molecule is CCOC1CC(N)C1NC(=O)CC1(OC)CCC1. The van der Waals surface area contributed by atoms with E-state index in [9.17, 15) is 4.79 Å². The summed E-state index contributed by atoms with van der Waals surface area (Å²) in [4.78, 5) is 12.0. The zero-order valence-electron chi connectivity index (χ0n) is 11.3. The summed E-state index contributed by atoms with van der Waals surface area (Å²) in [5, 5.41) is 2.99. The van der Waals surface area contributed by atoms with E-state index in [1.54, 1.807) is 7.11 Å². The summed E-state index contributed by atoms with van der Waals surface area (Å²) in [5.41, 5.74) is 5.69. The maximum Gasteiger partial charge on any atom is 0.223 e. The van der Waals surface area contributed by atoms with Gasteiger partial charge in [0, 0.05) is 19.8 Å². The maximum absolute atomic E-state index is 12.0. The smallest absolute Gasteiger partial charge is 0.223 e. The number of nitrogens with one attached hydrogen (secondary N) is 1. The molecule has 18 heavy (non-hydrogen) atoms. The molecule has 2 saturated carbocycles. The van der Waals surface area contributed by atoms with Gasteiger partial charge in [-0.05, 0) is 32.6 Å². The summed E-state index contributed by atoms with van der Waals surface area (Å²) in [6.45, 7) is 2.61. The van der Waals surface area contributed by atoms with Crippen LogP contribution in [0.15, 0.2) is 0 Å². The molecule has 0 heterocycles. The van der Waals surface area contributed by atoms with Gasteiger partial charge >= 0.3 is 0 Å². The standard InChI is InChI=1S/C13H24N2O3/c1-3-18-10-7-9(14)12(10)15-11(16)8-13(17-2)5-4-6-13/h9-10,12H,3-8,14H2,1-2H3,(H,15,16). The van der Waals surface area contributed by atoms with Crippen molar-refractivity contribution in [3.05, 3.63) is 0 Å². The first-order chi connectivity index (χ1) is 8.60. The molecule has 2 aliphatic rings. The minimum atomic E-state index is -0.223. The Kier molecular flexibility index (Phi) is 4.25. The third kappa shape index (κ3) is 2.68. The largest absolute Gasteiger partial charge is 0.378 e. The molecule has 3 unspecified atom stereocenters. The van der Waals surface area contributed by atoms with Crippen LogP contribution in [0.4, 0.5) is 0 Å². The number of hydrogen-bond donors (Lipinski definition) is 2. The minimum Gasteiger partial charge on any atom is -0.378 e. The molecular weight excluding hydrogens is 232 g/mol. The Bertz CT molecular complexity index is 297. The van der Waals surface area contributed by atoms with Crippen LogP contribution in [0, 0.1) is 0 Å². The van der Waals surface area contributed by atoms with E-state index >= 15 is 0 Å². The van der Waals surface area contributed by atoms with Crippen molar-refractivity contribution in [1.82, 2.24) is 5.32 Å². The Morgan fingerprint density at radius 1 is 1.50 bits per heavy atom. The summed E-state index contributed by atoms with van der Waals surface area (Å²) in [6, 6.07) is -0.0168. The molecule has 2 fully saturated rings. The zero-order chi connectivity index (χ0) is 13.2. The van der Waals surface area contributed by atoms with E-state index in [-0.39, 0.29) is 29.7 Å². The van der Waals surface area contributed by atoms with Crippen LogP contribution >= 0.6 is 0 Å². The van der Waals surface area contributed by atoms with E-state index in [2.05, 4.69) is 5.32 Å². The van der Waals surface area contributed by atoms with E-state index < -0.39 is 0 Å². The van der Waals surface area contributed by atoms with E-state index in [1.165, 1.54) is 0 Å². The highest BCUT2D eigenvalue weighted by Crippen LogP contribution is 2.38. The van der Waals surface area contributed by atoms with Crippen LogP contribution in [0.1, 0.15) is 39.0 Å². The lowest BCUT2D eigenvalue weighted by molar-refractivity contribution is -0.138. The van der Waals surface area contributed by atoms with Crippen molar-refractivity contribution in [2.24, 2.45) is 5.73 Å². The number of amides is 1. The number of methoxy groups -OCH3 is 1. The quantitative estimate of drug-likeness (QED) is 0.728. The van der Waals surface area contributed by atoms with Crippen LogP contribution < -0.4 is 11.1 Å². The molecule has 3 atom stereocenters. The molecule has 0 aromatic carbocycles. The molecule has 0 spiro atoms. The average Bonchev–Trinajstić information content (AvgIpc) is 2.31. The lowest BCUT2D eigenvalue weighted by Crippen LogP contribution is -2.65. The van der Waals surface area contributed by atoms with Crippen LogP contribution in [0.3, 0.4) is 0 Å². The molecule has 2 rings (SSSR count). The van der Waals surface area contributed by atoms with Gasteiger partial charge in [-0.1, -0.05) is 0 Å². The fourth-order valence-corrected chi connectivity index (χ4v) is 2.78. The van der Waals surface area contributed by atoms with Gasteiger partial charge in [-0.2, -0.15) is 0 Å². The highest BCUT2D eigenvalue weighted by Gasteiger charge is 2.43. The monoisotopic (exact) mass is 256 g/mol. The summed E-state index contributed by atoms with van der Waals surface area (Å²) in [6.07, 6.45) is 4.44. The molecule has 3 N–H and O–H groups in total. The van der Waals surface area contributed by atoms with Crippen LogP contribution in [0.25, 0.3) is 0 Å². The van der Waals surface area contributed by atoms with Crippen LogP contribution in [0.5, 0.6) is 0 Å². The predicted molar refractivity (Wildman–Crippen MR) is 68.1 cm³/mol. The van der Waals surface area contributed by atoms with Gasteiger partial charge in [0.2, 0.25) is 5.91 Å². The first kappa shape index (κ1) is 13.8. The van der Waals surface area contributed by atoms with E-state index in [0.29, 0.717) is 13.0 Å². The lowest BCUT2D eigenvalue weighted by atomic mass is 9.77. The van der Waals surface area contributed by atoms with Gasteiger partial charge in [0.1, 0.15) is 0 Å². The number of nitrogens with two attached hydrogens (primary N) is 1. The number of rotatable bonds is 6. The second-order valence-electron chi connectivity index (χ2n) is 5.40. The van der Waals surface area contributed by atoms with E-state index in [4.69, 9.17) is 15.2 Å². The van der Waals surface area contributed by atoms with Gasteiger partial charge in [0.25, 0.3) is 0 Å². The summed E-state index contributed by atoms with van der Waals surface area (Å²) in [5.74, 6) is 0.0291. The average molecular weight is 256 g/mol. The number of ether oxygens (including phenoxy) is 2. The molecule has 0 aromatic heterocycles. The first-order valence-electron chi connectivity index (χ1n) is 6.82. The van der Waals surface area contributed by atoms with Gasteiger partial charge in [0.15, 0.2) is 0 Å². The van der Waals surface area contributed by atoms with Crippen LogP contribution in [-0.4, -0.2) is 43.4 Å². The molecule has 2 aliphatic carbocycles. The van der Waals surface area contributed by atoms with E-state index in [1.807, 2.05) is 6.92 Å². The van der Waals surface area contributed by atoms with Gasteiger partial charge in [-0.15, -0.1) is 0 Å². The topological polar surface area (TPSA) is 73.6 Å². The lowest BCUT2D eigenvalue weighted by Gasteiger charge is -2.44. The molecule has 0 aromatic rings. The fourth-order valence-electron chi connectivity index (χ4n) is 2.78. The van der Waals surface area contributed by atoms with Crippen molar-refractivity contribution < 1.29 is 14.3 Å². The van der Waals surface area contributed by atoms with Gasteiger partial charge in [-0.3, -0.25) is 4.79 Å². The Labute approximate surface area is 108 Å². The zero-order valence-corrected chi connectivity index (χ0v) is 11.3. The van der Waals surface area contributed by atoms with Gasteiger partial charge in [-0.25, -0.2) is 0 Å². The second kappa shape index (κ2) is 5.55. The Hall–Kier alpha value is -0.650. The Balaban J connectivity index is 1.80. The summed E-state index contributed by atoms with van der Waals surface area (Å²) >= 11 is 0. The Morgan fingerprint density at radius 2 is 2.22 bits per heavy atom. The minimum absolute atomic E-state index is 0.0189. The number of carbonyl (C=O) groups is 1. The normalized spacial score (nSPS) is 33.4. The highest BCUT2D eigenvalue weighted by molar-refractivity contribution is 5.78. The number of hydrogen-bond acceptors (Lipinski definition) is 4. The van der Waals surface area contributed by atoms with Crippen molar-refractivity contribution in [1.29, 1.82) is 0 Å². The van der Waals surface area contributed by atoms with Crippen molar-refractivity contribution in [2.45, 2.75) is 62.8 Å². The van der Waals surface area contributed by atoms with Gasteiger partial charge in [0.05, 0.1) is 24.2 Å². The van der Waals surface area contributed by atoms with Crippen molar-refractivity contribution in [3.63, 3.8) is 0 Å². The predicted octanol–water partition coefficient (Wildman–Crippen LogP) is 0.567. The summed E-state index contributed by atoms with van der Waals surface area (Å²) < 4.78 is 11.0. The maximum atomic E-state index is 12.0. The molecule has 0 bridgehead atoms. The third-order valence-corrected chi connectivity index (χ3v) is 4.26. The molecule has 1 amide bonds. The third-order valence-electron chi connectivity index (χ3n) is 4.26. The highest BCUT2D eigenvalue weighted by atomic mass is 16.5. The molecular formula is C13H24N2O3. The molecule has 5 nitrogen and oxygen atoms in total. The van der Waals surface area contributed by atoms with Gasteiger partial charge < -0.3 is 20.5 Å². The van der Waals surface area contributed by atoms with E-state index in [0.717, 1.165) is 25.7 Å². The van der Waals surface area contributed by atoms with Crippen molar-refractivity contribution >= 4 is 5.91 Å². The molecule has 0 saturated heterocycles. The van der Waals surface area contributed by atoms with Crippen molar-refractivity contribution in [2.75, 3.05) is 13.7 Å². The molecule has 5 heteroatoms. The van der Waals surface area contributed by atoms with Crippen LogP contribution in [-0.2, 0) is 14.3 Å². The Morgan fingerprint density at radius 3 is 2.67 bits per heavy atom. The molecule has 0 aliphatic heterocycles. The van der Waals surface area contributed by atoms with Crippen molar-refractivity contribution in [3.8, 4) is 0 Å².